The number of carbonyl (C=O) groups excluding carboxylic acids is 2. The van der Waals surface area contributed by atoms with Gasteiger partial charge in [-0.2, -0.15) is 0 Å². The Morgan fingerprint density at radius 2 is 2.00 bits per heavy atom. The minimum Gasteiger partial charge on any atom is -0.497 e. The number of nitrogens with one attached hydrogen (secondary N) is 1. The first kappa shape index (κ1) is 16.9. The third-order valence-electron chi connectivity index (χ3n) is 5.72. The number of hydrogen-bond donors (Lipinski definition) is 1. The predicted molar refractivity (Wildman–Crippen MR) is 99.3 cm³/mol. The van der Waals surface area contributed by atoms with Crippen LogP contribution in [0, 0.1) is 0 Å². The average Bonchev–Trinajstić information content (AvgIpc) is 3.26. The molecule has 1 N–H and O–H groups in total. The van der Waals surface area contributed by atoms with Crippen LogP contribution in [-0.4, -0.2) is 30.7 Å². The Balaban J connectivity index is 1.47. The van der Waals surface area contributed by atoms with Gasteiger partial charge in [-0.3, -0.25) is 9.69 Å². The molecule has 1 atom stereocenters. The maximum Gasteiger partial charge on any atom is 0.325 e. The molecule has 2 heterocycles. The topological polar surface area (TPSA) is 77.1 Å². The Hall–Kier alpha value is -3.22. The SMILES string of the molecule is COc1ccc2c(c1)CCC[C@@]21NC(=O)N(Cc2ccc3c(c2)OCO3)C1=O. The number of benzene rings is 2. The third-order valence-corrected chi connectivity index (χ3v) is 5.72. The van der Waals surface area contributed by atoms with E-state index in [9.17, 15) is 9.59 Å². The van der Waals surface area contributed by atoms with Gasteiger partial charge in [0.15, 0.2) is 11.5 Å². The van der Waals surface area contributed by atoms with Crippen molar-refractivity contribution in [1.29, 1.82) is 0 Å². The van der Waals surface area contributed by atoms with E-state index in [0.717, 1.165) is 35.3 Å². The maximum atomic E-state index is 13.4. The van der Waals surface area contributed by atoms with Crippen LogP contribution in [0.3, 0.4) is 0 Å². The van der Waals surface area contributed by atoms with Gasteiger partial charge in [0.25, 0.3) is 5.91 Å². The van der Waals surface area contributed by atoms with Crippen molar-refractivity contribution in [2.75, 3.05) is 13.9 Å². The Kier molecular flexibility index (Phi) is 3.72. The average molecular weight is 380 g/mol. The second-order valence-corrected chi connectivity index (χ2v) is 7.29. The number of methoxy groups -OCH3 is 1. The summed E-state index contributed by atoms with van der Waals surface area (Å²) >= 11 is 0. The van der Waals surface area contributed by atoms with Crippen molar-refractivity contribution in [2.45, 2.75) is 31.3 Å². The van der Waals surface area contributed by atoms with Gasteiger partial charge in [0, 0.05) is 0 Å². The van der Waals surface area contributed by atoms with Crippen LogP contribution >= 0.6 is 0 Å². The molecule has 1 saturated heterocycles. The fraction of sp³-hybridized carbons (Fsp3) is 0.333. The molecule has 5 rings (SSSR count). The quantitative estimate of drug-likeness (QED) is 0.829. The summed E-state index contributed by atoms with van der Waals surface area (Å²) in [5.41, 5.74) is 1.73. The van der Waals surface area contributed by atoms with Crippen LogP contribution in [0.1, 0.15) is 29.5 Å². The summed E-state index contributed by atoms with van der Waals surface area (Å²) in [7, 11) is 1.62. The summed E-state index contributed by atoms with van der Waals surface area (Å²) in [5.74, 6) is 1.85. The normalized spacial score (nSPS) is 22.4. The Morgan fingerprint density at radius 3 is 2.86 bits per heavy atom. The zero-order valence-electron chi connectivity index (χ0n) is 15.5. The number of nitrogens with zero attached hydrogens (tertiary/aromatic N) is 1. The molecule has 3 aliphatic rings. The highest BCUT2D eigenvalue weighted by molar-refractivity contribution is 6.07. The van der Waals surface area contributed by atoms with Gasteiger partial charge in [-0.05, 0) is 60.2 Å². The van der Waals surface area contributed by atoms with Crippen LogP contribution in [0.4, 0.5) is 4.79 Å². The molecule has 2 aliphatic heterocycles. The summed E-state index contributed by atoms with van der Waals surface area (Å²) in [6.07, 6.45) is 2.28. The first-order valence-electron chi connectivity index (χ1n) is 9.31. The van der Waals surface area contributed by atoms with E-state index in [-0.39, 0.29) is 25.3 Å². The summed E-state index contributed by atoms with van der Waals surface area (Å²) in [6.45, 7) is 0.375. The smallest absolute Gasteiger partial charge is 0.325 e. The summed E-state index contributed by atoms with van der Waals surface area (Å²) in [4.78, 5) is 27.4. The van der Waals surface area contributed by atoms with Gasteiger partial charge in [0.2, 0.25) is 6.79 Å². The monoisotopic (exact) mass is 380 g/mol. The zero-order chi connectivity index (χ0) is 19.3. The van der Waals surface area contributed by atoms with Gasteiger partial charge in [-0.15, -0.1) is 0 Å². The van der Waals surface area contributed by atoms with Gasteiger partial charge in [0.1, 0.15) is 11.3 Å². The van der Waals surface area contributed by atoms with E-state index in [2.05, 4.69) is 5.32 Å². The maximum absolute atomic E-state index is 13.4. The molecule has 0 bridgehead atoms. The summed E-state index contributed by atoms with van der Waals surface area (Å²) in [6, 6.07) is 10.8. The lowest BCUT2D eigenvalue weighted by Gasteiger charge is -2.33. The van der Waals surface area contributed by atoms with E-state index in [0.29, 0.717) is 17.9 Å². The number of aryl methyl sites for hydroxylation is 1. The number of imide groups is 1. The lowest BCUT2D eigenvalue weighted by molar-refractivity contribution is -0.132. The highest BCUT2D eigenvalue weighted by Gasteiger charge is 2.53. The van der Waals surface area contributed by atoms with Crippen LogP contribution in [-0.2, 0) is 23.3 Å². The van der Waals surface area contributed by atoms with E-state index in [1.165, 1.54) is 4.90 Å². The van der Waals surface area contributed by atoms with E-state index in [4.69, 9.17) is 14.2 Å². The van der Waals surface area contributed by atoms with Gasteiger partial charge in [0.05, 0.1) is 13.7 Å². The molecule has 1 spiro atoms. The first-order chi connectivity index (χ1) is 13.6. The highest BCUT2D eigenvalue weighted by atomic mass is 16.7. The number of urea groups is 1. The zero-order valence-corrected chi connectivity index (χ0v) is 15.5. The lowest BCUT2D eigenvalue weighted by Crippen LogP contribution is -2.46. The molecule has 0 saturated carbocycles. The molecule has 2 aromatic carbocycles. The van der Waals surface area contributed by atoms with Crippen molar-refractivity contribution in [3.8, 4) is 17.2 Å². The molecule has 1 aliphatic carbocycles. The molecular weight excluding hydrogens is 360 g/mol. The molecule has 7 heteroatoms. The van der Waals surface area contributed by atoms with Crippen LogP contribution in [0.2, 0.25) is 0 Å². The number of amides is 3. The Bertz CT molecular complexity index is 989. The second kappa shape index (κ2) is 6.15. The minimum atomic E-state index is -0.993. The number of carbonyl (C=O) groups is 2. The van der Waals surface area contributed by atoms with Crippen molar-refractivity contribution < 1.29 is 23.8 Å². The van der Waals surface area contributed by atoms with E-state index >= 15 is 0 Å². The number of rotatable bonds is 3. The summed E-state index contributed by atoms with van der Waals surface area (Å²) < 4.78 is 16.0. The molecule has 2 aromatic rings. The van der Waals surface area contributed by atoms with Gasteiger partial charge >= 0.3 is 6.03 Å². The van der Waals surface area contributed by atoms with E-state index < -0.39 is 5.54 Å². The second-order valence-electron chi connectivity index (χ2n) is 7.29. The fourth-order valence-electron chi connectivity index (χ4n) is 4.34. The third kappa shape index (κ3) is 2.42. The molecule has 1 fully saturated rings. The van der Waals surface area contributed by atoms with Crippen LogP contribution in [0.25, 0.3) is 0 Å². The molecule has 144 valence electrons. The highest BCUT2D eigenvalue weighted by Crippen LogP contribution is 2.42. The molecule has 28 heavy (non-hydrogen) atoms. The van der Waals surface area contributed by atoms with Crippen molar-refractivity contribution >= 4 is 11.9 Å². The van der Waals surface area contributed by atoms with Crippen molar-refractivity contribution in [3.05, 3.63) is 53.1 Å². The van der Waals surface area contributed by atoms with E-state index in [1.807, 2.05) is 30.3 Å². The van der Waals surface area contributed by atoms with E-state index in [1.54, 1.807) is 13.2 Å². The number of ether oxygens (including phenoxy) is 3. The fourth-order valence-corrected chi connectivity index (χ4v) is 4.34. The first-order valence-corrected chi connectivity index (χ1v) is 9.31. The molecule has 0 radical (unpaired) electrons. The molecule has 0 unspecified atom stereocenters. The van der Waals surface area contributed by atoms with Gasteiger partial charge in [-0.25, -0.2) is 4.79 Å². The van der Waals surface area contributed by atoms with Crippen LogP contribution in [0.15, 0.2) is 36.4 Å². The molecule has 7 nitrogen and oxygen atoms in total. The lowest BCUT2D eigenvalue weighted by atomic mass is 9.76. The Labute approximate surface area is 162 Å². The van der Waals surface area contributed by atoms with Crippen molar-refractivity contribution in [1.82, 2.24) is 10.2 Å². The van der Waals surface area contributed by atoms with Crippen LogP contribution in [0.5, 0.6) is 17.2 Å². The largest absolute Gasteiger partial charge is 0.497 e. The summed E-state index contributed by atoms with van der Waals surface area (Å²) in [5, 5.41) is 2.98. The van der Waals surface area contributed by atoms with Gasteiger partial charge in [-0.1, -0.05) is 12.1 Å². The van der Waals surface area contributed by atoms with Crippen molar-refractivity contribution in [2.24, 2.45) is 0 Å². The minimum absolute atomic E-state index is 0.186. The van der Waals surface area contributed by atoms with Crippen LogP contribution < -0.4 is 19.5 Å². The molecule has 3 amide bonds. The number of fused-ring (bicyclic) bond motifs is 3. The number of hydrogen-bond acceptors (Lipinski definition) is 5. The van der Waals surface area contributed by atoms with Crippen molar-refractivity contribution in [3.63, 3.8) is 0 Å². The molecule has 0 aromatic heterocycles. The predicted octanol–water partition coefficient (Wildman–Crippen LogP) is 2.71. The standard InChI is InChI=1S/C21H20N2O5/c1-26-15-5-6-16-14(10-15)3-2-8-21(16)19(24)23(20(25)22-21)11-13-4-7-17-18(9-13)28-12-27-17/h4-7,9-10H,2-3,8,11-12H2,1H3,(H,22,25)/t21-/m1/s1. The Morgan fingerprint density at radius 1 is 1.14 bits per heavy atom. The molecular formula is C21H20N2O5. The van der Waals surface area contributed by atoms with Gasteiger partial charge < -0.3 is 19.5 Å².